The molecule has 174 valence electrons. The van der Waals surface area contributed by atoms with E-state index < -0.39 is 15.3 Å². The van der Waals surface area contributed by atoms with Crippen molar-refractivity contribution in [2.45, 2.75) is 19.3 Å². The first-order valence-corrected chi connectivity index (χ1v) is 10.8. The summed E-state index contributed by atoms with van der Waals surface area (Å²) in [5.41, 5.74) is 3.77. The van der Waals surface area contributed by atoms with Crippen LogP contribution >= 0.6 is 0 Å². The number of non-ortho nitro benzene ring substituents is 2. The number of aryl methyl sites for hydroxylation is 2. The molecule has 1 aliphatic rings. The zero-order valence-corrected chi connectivity index (χ0v) is 18.9. The van der Waals surface area contributed by atoms with Gasteiger partial charge in [-0.25, -0.2) is 0 Å². The summed E-state index contributed by atoms with van der Waals surface area (Å²) in [6.07, 6.45) is 0. The molecule has 8 nitrogen and oxygen atoms in total. The highest BCUT2D eigenvalue weighted by Gasteiger charge is 2.48. The van der Waals surface area contributed by atoms with Crippen LogP contribution in [0.4, 0.5) is 11.4 Å². The van der Waals surface area contributed by atoms with Gasteiger partial charge in [0.2, 0.25) is 0 Å². The number of phenolic OH excluding ortho intramolecular Hbond substituents is 2. The van der Waals surface area contributed by atoms with Crippen LogP contribution in [0.1, 0.15) is 33.4 Å². The second kappa shape index (κ2) is 7.66. The zero-order chi connectivity index (χ0) is 25.1. The minimum atomic E-state index is -1.17. The zero-order valence-electron chi connectivity index (χ0n) is 18.9. The molecule has 0 atom stereocenters. The van der Waals surface area contributed by atoms with E-state index in [1.54, 1.807) is 62.4 Å². The fourth-order valence-electron chi connectivity index (χ4n) is 5.09. The molecule has 4 aromatic rings. The number of benzene rings is 4. The largest absolute Gasteiger partial charge is 0.508 e. The van der Waals surface area contributed by atoms with Crippen molar-refractivity contribution in [2.75, 3.05) is 0 Å². The first-order chi connectivity index (χ1) is 16.6. The van der Waals surface area contributed by atoms with Crippen LogP contribution in [-0.4, -0.2) is 20.1 Å². The number of nitro benzene ring substituents is 2. The summed E-state index contributed by atoms with van der Waals surface area (Å²) in [6.45, 7) is 3.48. The van der Waals surface area contributed by atoms with Crippen molar-refractivity contribution < 1.29 is 20.1 Å². The highest BCUT2D eigenvalue weighted by molar-refractivity contribution is 5.88. The number of rotatable bonds is 4. The van der Waals surface area contributed by atoms with Crippen LogP contribution in [0, 0.1) is 34.1 Å². The molecule has 0 fully saturated rings. The number of nitro groups is 2. The number of aromatic hydroxyl groups is 2. The lowest BCUT2D eigenvalue weighted by Gasteiger charge is -2.34. The van der Waals surface area contributed by atoms with Crippen LogP contribution in [0.25, 0.3) is 11.1 Å². The van der Waals surface area contributed by atoms with E-state index in [4.69, 9.17) is 0 Å². The SMILES string of the molecule is Cc1cc(C2(c3ccc(O)c(C)c3)c3cc([N+](=O)[O-])ccc3-c3ccc([N+](=O)[O-])cc32)ccc1O. The Morgan fingerprint density at radius 2 is 1.03 bits per heavy atom. The maximum atomic E-state index is 11.7. The van der Waals surface area contributed by atoms with Gasteiger partial charge < -0.3 is 10.2 Å². The summed E-state index contributed by atoms with van der Waals surface area (Å²) < 4.78 is 0. The van der Waals surface area contributed by atoms with E-state index >= 15 is 0 Å². The molecular formula is C27H20N2O6. The van der Waals surface area contributed by atoms with Crippen LogP contribution < -0.4 is 0 Å². The van der Waals surface area contributed by atoms with Crippen molar-refractivity contribution in [3.63, 3.8) is 0 Å². The van der Waals surface area contributed by atoms with Crippen LogP contribution in [-0.2, 0) is 5.41 Å². The Bertz CT molecular complexity index is 1440. The lowest BCUT2D eigenvalue weighted by molar-refractivity contribution is -0.385. The van der Waals surface area contributed by atoms with Gasteiger partial charge in [0.05, 0.1) is 15.3 Å². The summed E-state index contributed by atoms with van der Waals surface area (Å²) in [6, 6.07) is 19.3. The molecule has 8 heteroatoms. The summed E-state index contributed by atoms with van der Waals surface area (Å²) in [4.78, 5) is 22.6. The molecule has 0 unspecified atom stereocenters. The topological polar surface area (TPSA) is 127 Å². The number of fused-ring (bicyclic) bond motifs is 3. The van der Waals surface area contributed by atoms with Gasteiger partial charge in [0.25, 0.3) is 11.4 Å². The molecule has 0 saturated carbocycles. The monoisotopic (exact) mass is 468 g/mol. The van der Waals surface area contributed by atoms with Crippen LogP contribution in [0.15, 0.2) is 72.8 Å². The summed E-state index contributed by atoms with van der Waals surface area (Å²) in [7, 11) is 0. The third kappa shape index (κ3) is 3.14. The smallest absolute Gasteiger partial charge is 0.269 e. The molecule has 35 heavy (non-hydrogen) atoms. The van der Waals surface area contributed by atoms with Gasteiger partial charge in [-0.05, 0) is 82.6 Å². The van der Waals surface area contributed by atoms with Gasteiger partial charge in [0.15, 0.2) is 0 Å². The Kier molecular flexibility index (Phi) is 4.84. The van der Waals surface area contributed by atoms with E-state index in [2.05, 4.69) is 0 Å². The summed E-state index contributed by atoms with van der Waals surface area (Å²) >= 11 is 0. The minimum Gasteiger partial charge on any atom is -0.508 e. The van der Waals surface area contributed by atoms with Crippen LogP contribution in [0.3, 0.4) is 0 Å². The maximum Gasteiger partial charge on any atom is 0.269 e. The number of phenols is 2. The molecule has 0 bridgehead atoms. The van der Waals surface area contributed by atoms with Crippen molar-refractivity contribution in [1.29, 1.82) is 0 Å². The highest BCUT2D eigenvalue weighted by Crippen LogP contribution is 2.58. The predicted octanol–water partition coefficient (Wildman–Crippen LogP) is 5.89. The Morgan fingerprint density at radius 3 is 1.37 bits per heavy atom. The molecule has 5 rings (SSSR count). The van der Waals surface area contributed by atoms with Crippen molar-refractivity contribution in [3.05, 3.63) is 126 Å². The molecule has 0 aliphatic heterocycles. The third-order valence-corrected chi connectivity index (χ3v) is 6.79. The molecule has 0 aromatic heterocycles. The van der Waals surface area contributed by atoms with Crippen molar-refractivity contribution >= 4 is 11.4 Å². The van der Waals surface area contributed by atoms with E-state index in [1.165, 1.54) is 24.3 Å². The third-order valence-electron chi connectivity index (χ3n) is 6.79. The van der Waals surface area contributed by atoms with E-state index in [9.17, 15) is 30.4 Å². The van der Waals surface area contributed by atoms with Gasteiger partial charge in [-0.3, -0.25) is 20.2 Å². The Labute approximate surface area is 200 Å². The van der Waals surface area contributed by atoms with Gasteiger partial charge in [0.1, 0.15) is 11.5 Å². The molecule has 2 N–H and O–H groups in total. The predicted molar refractivity (Wildman–Crippen MR) is 130 cm³/mol. The Balaban J connectivity index is 2.01. The quantitative estimate of drug-likeness (QED) is 0.250. The molecule has 0 saturated heterocycles. The van der Waals surface area contributed by atoms with Gasteiger partial charge in [-0.15, -0.1) is 0 Å². The molecule has 0 heterocycles. The number of nitrogens with zero attached hydrogens (tertiary/aromatic N) is 2. The average molecular weight is 468 g/mol. The molecule has 4 aromatic carbocycles. The average Bonchev–Trinajstić information content (AvgIpc) is 3.12. The Hall–Kier alpha value is -4.72. The lowest BCUT2D eigenvalue weighted by atomic mass is 9.67. The highest BCUT2D eigenvalue weighted by atomic mass is 16.6. The molecule has 1 aliphatic carbocycles. The first kappa shape index (κ1) is 22.1. The molecule has 0 amide bonds. The van der Waals surface area contributed by atoms with Crippen molar-refractivity contribution in [3.8, 4) is 22.6 Å². The normalized spacial score (nSPS) is 13.2. The van der Waals surface area contributed by atoms with Crippen LogP contribution in [0.2, 0.25) is 0 Å². The standard InChI is InChI=1S/C27H20N2O6/c1-15-11-17(3-9-25(15)30)27(18-4-10-26(31)16(2)12-18)23-13-19(28(32)33)5-7-21(23)22-8-6-20(29(34)35)14-24(22)27/h3-14,30-31H,1-2H3. The van der Waals surface area contributed by atoms with Crippen LogP contribution in [0.5, 0.6) is 11.5 Å². The van der Waals surface area contributed by atoms with E-state index in [-0.39, 0.29) is 22.9 Å². The fourth-order valence-corrected chi connectivity index (χ4v) is 5.09. The van der Waals surface area contributed by atoms with Gasteiger partial charge in [0, 0.05) is 24.3 Å². The fraction of sp³-hybridized carbons (Fsp3) is 0.111. The number of hydrogen-bond acceptors (Lipinski definition) is 6. The van der Waals surface area contributed by atoms with Crippen molar-refractivity contribution in [2.24, 2.45) is 0 Å². The van der Waals surface area contributed by atoms with Crippen molar-refractivity contribution in [1.82, 2.24) is 0 Å². The van der Waals surface area contributed by atoms with Gasteiger partial charge in [-0.2, -0.15) is 0 Å². The number of hydrogen-bond donors (Lipinski definition) is 2. The minimum absolute atomic E-state index is 0.0855. The van der Waals surface area contributed by atoms with E-state index in [0.717, 1.165) is 11.1 Å². The molecule has 0 radical (unpaired) electrons. The van der Waals surface area contributed by atoms with Gasteiger partial charge in [-0.1, -0.05) is 24.3 Å². The van der Waals surface area contributed by atoms with Gasteiger partial charge >= 0.3 is 0 Å². The maximum absolute atomic E-state index is 11.7. The second-order valence-corrected chi connectivity index (χ2v) is 8.73. The lowest BCUT2D eigenvalue weighted by Crippen LogP contribution is -2.29. The first-order valence-electron chi connectivity index (χ1n) is 10.8. The van der Waals surface area contributed by atoms with E-state index in [1.807, 2.05) is 0 Å². The molecule has 0 spiro atoms. The van der Waals surface area contributed by atoms with E-state index in [0.29, 0.717) is 33.4 Å². The second-order valence-electron chi connectivity index (χ2n) is 8.73. The summed E-state index contributed by atoms with van der Waals surface area (Å²) in [5.74, 6) is 0.171. The Morgan fingerprint density at radius 1 is 0.629 bits per heavy atom. The molecular weight excluding hydrogens is 448 g/mol. The summed E-state index contributed by atoms with van der Waals surface area (Å²) in [5, 5.41) is 44.0.